The second-order valence-electron chi connectivity index (χ2n) is 7.94. The van der Waals surface area contributed by atoms with Gasteiger partial charge < -0.3 is 9.47 Å². The Morgan fingerprint density at radius 1 is 0.973 bits per heavy atom. The van der Waals surface area contributed by atoms with Gasteiger partial charge in [0.2, 0.25) is 0 Å². The number of rotatable bonds is 4. The molecule has 1 aliphatic rings. The average Bonchev–Trinajstić information content (AvgIpc) is 3.16. The molecule has 0 radical (unpaired) electrons. The summed E-state index contributed by atoms with van der Waals surface area (Å²) in [6.45, 7) is 1.35. The predicted octanol–water partition coefficient (Wildman–Crippen LogP) is 4.58. The van der Waals surface area contributed by atoms with E-state index in [0.29, 0.717) is 10.7 Å². The molecule has 0 fully saturated rings. The predicted molar refractivity (Wildman–Crippen MR) is 120 cm³/mol. The summed E-state index contributed by atoms with van der Waals surface area (Å²) in [6, 6.07) is 7.49. The molecule has 192 valence electrons. The van der Waals surface area contributed by atoms with Crippen LogP contribution in [0.2, 0.25) is 0 Å². The van der Waals surface area contributed by atoms with Crippen molar-refractivity contribution in [2.45, 2.75) is 24.3 Å². The van der Waals surface area contributed by atoms with Crippen LogP contribution in [0.25, 0.3) is 27.7 Å². The highest BCUT2D eigenvalue weighted by molar-refractivity contribution is 7.91. The number of alkyl halides is 5. The summed E-state index contributed by atoms with van der Waals surface area (Å²) >= 11 is 0. The summed E-state index contributed by atoms with van der Waals surface area (Å²) in [5.41, 5.74) is -1.65. The molecule has 0 saturated carbocycles. The molecule has 0 atom stereocenters. The number of fused-ring (bicyclic) bond motifs is 2. The molecule has 4 aromatic rings. The van der Waals surface area contributed by atoms with E-state index in [2.05, 4.69) is 19.6 Å². The summed E-state index contributed by atoms with van der Waals surface area (Å²) in [6.07, 6.45) is -6.27. The van der Waals surface area contributed by atoms with Crippen LogP contribution in [-0.2, 0) is 16.0 Å². The second kappa shape index (κ2) is 8.23. The Balaban J connectivity index is 1.68. The van der Waals surface area contributed by atoms with Gasteiger partial charge >= 0.3 is 12.5 Å². The fourth-order valence-corrected chi connectivity index (χ4v) is 4.77. The Morgan fingerprint density at radius 3 is 2.41 bits per heavy atom. The highest BCUT2D eigenvalue weighted by atomic mass is 32.2. The number of aromatic nitrogens is 3. The highest BCUT2D eigenvalue weighted by Gasteiger charge is 2.43. The number of sulfone groups is 1. The standard InChI is InChI=1S/C23H14F5N3O5S/c1-2-37(33,34)19-8-14(12-4-6-17-18(7-12)36-23(27,28)35-17)10-29-20(19)31-21(32)16-9-15(22(24,25)26)5-3-13(16)11-30-31/h3-11H,2H2,1H3. The topological polar surface area (TPSA) is 100 Å². The van der Waals surface area contributed by atoms with Crippen LogP contribution in [0.1, 0.15) is 12.5 Å². The zero-order valence-corrected chi connectivity index (χ0v) is 19.4. The number of hydrogen-bond donors (Lipinski definition) is 0. The number of halogens is 5. The third-order valence-electron chi connectivity index (χ3n) is 5.60. The fourth-order valence-electron chi connectivity index (χ4n) is 3.73. The van der Waals surface area contributed by atoms with Crippen LogP contribution in [0.4, 0.5) is 22.0 Å². The quantitative estimate of drug-likeness (QED) is 0.350. The van der Waals surface area contributed by atoms with E-state index in [1.54, 1.807) is 0 Å². The SMILES string of the molecule is CCS(=O)(=O)c1cc(-c2ccc3c(c2)OC(F)(F)O3)cnc1-n1ncc2ccc(C(F)(F)F)cc2c1=O. The largest absolute Gasteiger partial charge is 0.586 e. The summed E-state index contributed by atoms with van der Waals surface area (Å²) in [4.78, 5) is 16.8. The molecule has 14 heteroatoms. The molecule has 3 heterocycles. The smallest absolute Gasteiger partial charge is 0.395 e. The van der Waals surface area contributed by atoms with E-state index >= 15 is 0 Å². The van der Waals surface area contributed by atoms with Crippen molar-refractivity contribution in [3.05, 3.63) is 70.8 Å². The van der Waals surface area contributed by atoms with E-state index in [1.165, 1.54) is 37.4 Å². The monoisotopic (exact) mass is 539 g/mol. The Kier molecular flexibility index (Phi) is 5.47. The van der Waals surface area contributed by atoms with Gasteiger partial charge in [0.25, 0.3) is 5.56 Å². The molecule has 37 heavy (non-hydrogen) atoms. The van der Waals surface area contributed by atoms with Gasteiger partial charge in [0.15, 0.2) is 27.2 Å². The van der Waals surface area contributed by atoms with Crippen molar-refractivity contribution < 1.29 is 39.8 Å². The van der Waals surface area contributed by atoms with E-state index in [4.69, 9.17) is 0 Å². The minimum Gasteiger partial charge on any atom is -0.395 e. The second-order valence-corrected chi connectivity index (χ2v) is 10.2. The average molecular weight is 539 g/mol. The number of hydrogen-bond acceptors (Lipinski definition) is 7. The third-order valence-corrected chi connectivity index (χ3v) is 7.33. The maximum absolute atomic E-state index is 13.4. The summed E-state index contributed by atoms with van der Waals surface area (Å²) in [5.74, 6) is -1.33. The number of nitrogens with zero attached hydrogens (tertiary/aromatic N) is 3. The van der Waals surface area contributed by atoms with E-state index in [1.807, 2.05) is 0 Å². The minimum absolute atomic E-state index is 0.114. The molecule has 5 rings (SSSR count). The Labute approximate surface area is 204 Å². The van der Waals surface area contributed by atoms with Crippen molar-refractivity contribution in [1.82, 2.24) is 14.8 Å². The van der Waals surface area contributed by atoms with Crippen molar-refractivity contribution in [2.75, 3.05) is 5.75 Å². The molecule has 0 aliphatic carbocycles. The van der Waals surface area contributed by atoms with Gasteiger partial charge in [-0.2, -0.15) is 23.0 Å². The van der Waals surface area contributed by atoms with Gasteiger partial charge in [0.05, 0.1) is 22.9 Å². The third kappa shape index (κ3) is 4.37. The molecule has 8 nitrogen and oxygen atoms in total. The lowest BCUT2D eigenvalue weighted by molar-refractivity contribution is -0.286. The van der Waals surface area contributed by atoms with Gasteiger partial charge in [0.1, 0.15) is 4.90 Å². The molecule has 2 aromatic heterocycles. The first kappa shape index (κ1) is 24.6. The Morgan fingerprint density at radius 2 is 1.70 bits per heavy atom. The van der Waals surface area contributed by atoms with Crippen molar-refractivity contribution in [3.63, 3.8) is 0 Å². The van der Waals surface area contributed by atoms with Crippen molar-refractivity contribution in [1.29, 1.82) is 0 Å². The van der Waals surface area contributed by atoms with Crippen molar-refractivity contribution in [2.24, 2.45) is 0 Å². The summed E-state index contributed by atoms with van der Waals surface area (Å²) < 4.78 is 102. The van der Waals surface area contributed by atoms with E-state index < -0.39 is 49.9 Å². The zero-order valence-electron chi connectivity index (χ0n) is 18.6. The van der Waals surface area contributed by atoms with Crippen LogP contribution in [0.3, 0.4) is 0 Å². The molecule has 1 aliphatic heterocycles. The molecule has 0 bridgehead atoms. The van der Waals surface area contributed by atoms with Crippen molar-refractivity contribution >= 4 is 20.6 Å². The van der Waals surface area contributed by atoms with Gasteiger partial charge in [-0.05, 0) is 35.9 Å². The lowest BCUT2D eigenvalue weighted by Gasteiger charge is -2.13. The zero-order chi connectivity index (χ0) is 26.8. The first-order chi connectivity index (χ1) is 17.3. The first-order valence-electron chi connectivity index (χ1n) is 10.5. The minimum atomic E-state index is -4.71. The number of pyridine rings is 1. The van der Waals surface area contributed by atoms with E-state index in [-0.39, 0.29) is 33.4 Å². The van der Waals surface area contributed by atoms with Gasteiger partial charge in [-0.3, -0.25) is 4.79 Å². The van der Waals surface area contributed by atoms with E-state index in [0.717, 1.165) is 18.3 Å². The molecular weight excluding hydrogens is 525 g/mol. The molecule has 0 N–H and O–H groups in total. The number of ether oxygens (including phenoxy) is 2. The molecule has 0 unspecified atom stereocenters. The fraction of sp³-hybridized carbons (Fsp3) is 0.174. The molecule has 2 aromatic carbocycles. The Bertz CT molecular complexity index is 1740. The number of benzene rings is 2. The van der Waals surface area contributed by atoms with Crippen LogP contribution in [0.15, 0.2) is 64.5 Å². The van der Waals surface area contributed by atoms with Crippen LogP contribution < -0.4 is 15.0 Å². The van der Waals surface area contributed by atoms with Crippen LogP contribution >= 0.6 is 0 Å². The van der Waals surface area contributed by atoms with Gasteiger partial charge in [0, 0.05) is 17.1 Å². The maximum Gasteiger partial charge on any atom is 0.586 e. The summed E-state index contributed by atoms with van der Waals surface area (Å²) in [5, 5.41) is 3.69. The van der Waals surface area contributed by atoms with Crippen molar-refractivity contribution in [3.8, 4) is 28.4 Å². The maximum atomic E-state index is 13.4. The van der Waals surface area contributed by atoms with Gasteiger partial charge in [-0.15, -0.1) is 8.78 Å². The molecular formula is C23H14F5N3O5S. The lowest BCUT2D eigenvalue weighted by atomic mass is 10.1. The molecule has 0 spiro atoms. The molecule has 0 amide bonds. The van der Waals surface area contributed by atoms with Crippen LogP contribution in [0, 0.1) is 0 Å². The van der Waals surface area contributed by atoms with Gasteiger partial charge in [-0.25, -0.2) is 13.4 Å². The van der Waals surface area contributed by atoms with E-state index in [9.17, 15) is 35.2 Å². The summed E-state index contributed by atoms with van der Waals surface area (Å²) in [7, 11) is -4.06. The lowest BCUT2D eigenvalue weighted by Crippen LogP contribution is -2.25. The van der Waals surface area contributed by atoms with Gasteiger partial charge in [-0.1, -0.05) is 19.1 Å². The highest BCUT2D eigenvalue weighted by Crippen LogP contribution is 2.43. The molecule has 0 saturated heterocycles. The Hall–Kier alpha value is -4.07. The normalized spacial score (nSPS) is 14.8. The van der Waals surface area contributed by atoms with Crippen LogP contribution in [0.5, 0.6) is 11.5 Å². The van der Waals surface area contributed by atoms with Crippen LogP contribution in [-0.4, -0.2) is 35.2 Å². The first-order valence-corrected chi connectivity index (χ1v) is 12.2.